The van der Waals surface area contributed by atoms with Gasteiger partial charge in [-0.2, -0.15) is 0 Å². The Kier molecular flexibility index (Phi) is 5.11. The number of benzene rings is 1. The highest BCUT2D eigenvalue weighted by Crippen LogP contribution is 2.14. The van der Waals surface area contributed by atoms with Crippen LogP contribution >= 0.6 is 0 Å². The van der Waals surface area contributed by atoms with Gasteiger partial charge in [0.2, 0.25) is 0 Å². The van der Waals surface area contributed by atoms with Crippen molar-refractivity contribution in [2.24, 2.45) is 4.36 Å². The number of aromatic nitrogens is 1. The molecular weight excluding hydrogens is 302 g/mol. The molecule has 2 aromatic rings. The van der Waals surface area contributed by atoms with Crippen molar-refractivity contribution < 1.29 is 13.7 Å². The molecule has 7 heteroatoms. The van der Waals surface area contributed by atoms with Gasteiger partial charge in [0.05, 0.1) is 9.73 Å². The van der Waals surface area contributed by atoms with Crippen molar-refractivity contribution in [3.63, 3.8) is 0 Å². The van der Waals surface area contributed by atoms with Gasteiger partial charge >= 0.3 is 6.09 Å². The van der Waals surface area contributed by atoms with Crippen LogP contribution in [0, 0.1) is 0 Å². The number of pyridine rings is 1. The Morgan fingerprint density at radius 3 is 2.73 bits per heavy atom. The van der Waals surface area contributed by atoms with Crippen molar-refractivity contribution in [3.05, 3.63) is 54.2 Å². The van der Waals surface area contributed by atoms with Gasteiger partial charge in [0.25, 0.3) is 0 Å². The molecule has 1 N–H and O–H groups in total. The van der Waals surface area contributed by atoms with Crippen LogP contribution in [0.5, 0.6) is 0 Å². The van der Waals surface area contributed by atoms with Crippen LogP contribution in [0.3, 0.4) is 0 Å². The van der Waals surface area contributed by atoms with Crippen molar-refractivity contribution >= 4 is 21.5 Å². The maximum atomic E-state index is 12.1. The van der Waals surface area contributed by atoms with E-state index in [1.165, 1.54) is 25.6 Å². The fourth-order valence-electron chi connectivity index (χ4n) is 1.66. The largest absolute Gasteiger partial charge is 0.444 e. The summed E-state index contributed by atoms with van der Waals surface area (Å²) in [6.07, 6.45) is 2.38. The molecule has 1 amide bonds. The van der Waals surface area contributed by atoms with Crippen molar-refractivity contribution in [1.29, 1.82) is 0 Å². The number of hydrogen-bond acceptors (Lipinski definition) is 5. The van der Waals surface area contributed by atoms with Crippen LogP contribution in [0.15, 0.2) is 58.1 Å². The first-order valence-corrected chi connectivity index (χ1v) is 8.47. The Bertz CT molecular complexity index is 769. The summed E-state index contributed by atoms with van der Waals surface area (Å²) >= 11 is 0. The third-order valence-electron chi connectivity index (χ3n) is 2.93. The number of hydrogen-bond donors (Lipinski definition) is 1. The lowest BCUT2D eigenvalue weighted by molar-refractivity contribution is 0.155. The Hall–Kier alpha value is -2.41. The molecule has 0 aliphatic carbocycles. The smallest absolute Gasteiger partial charge is 0.411 e. The molecule has 2 rings (SSSR count). The molecule has 6 nitrogen and oxygen atoms in total. The SMILES string of the molecule is CN=[S@](C)(=O)c1cc(NC(=O)OCc2ccccc2)ccn1. The molecule has 0 aliphatic rings. The van der Waals surface area contributed by atoms with Gasteiger partial charge in [0.15, 0.2) is 0 Å². The second kappa shape index (κ2) is 7.04. The summed E-state index contributed by atoms with van der Waals surface area (Å²) in [5.74, 6) is 0. The van der Waals surface area contributed by atoms with Crippen molar-refractivity contribution in [2.45, 2.75) is 11.6 Å². The second-order valence-electron chi connectivity index (χ2n) is 4.55. The lowest BCUT2D eigenvalue weighted by Crippen LogP contribution is -2.14. The van der Waals surface area contributed by atoms with Gasteiger partial charge in [0.1, 0.15) is 11.6 Å². The minimum Gasteiger partial charge on any atom is -0.444 e. The number of anilines is 1. The summed E-state index contributed by atoms with van der Waals surface area (Å²) in [7, 11) is -1.07. The quantitative estimate of drug-likeness (QED) is 0.939. The Morgan fingerprint density at radius 1 is 1.32 bits per heavy atom. The van der Waals surface area contributed by atoms with Gasteiger partial charge in [-0.05, 0) is 17.7 Å². The predicted molar refractivity (Wildman–Crippen MR) is 85.2 cm³/mol. The molecule has 0 aliphatic heterocycles. The van der Waals surface area contributed by atoms with E-state index < -0.39 is 15.8 Å². The first-order valence-electron chi connectivity index (χ1n) is 6.55. The molecule has 0 unspecified atom stereocenters. The summed E-state index contributed by atoms with van der Waals surface area (Å²) in [6.45, 7) is 0.180. The first kappa shape index (κ1) is 16.0. The van der Waals surface area contributed by atoms with E-state index >= 15 is 0 Å². The van der Waals surface area contributed by atoms with E-state index in [9.17, 15) is 9.00 Å². The molecular formula is C15H17N3O3S. The van der Waals surface area contributed by atoms with Gasteiger partial charge in [-0.3, -0.25) is 5.32 Å². The molecule has 0 saturated heterocycles. The number of rotatable bonds is 4. The summed E-state index contributed by atoms with van der Waals surface area (Å²) in [6, 6.07) is 12.5. The van der Waals surface area contributed by atoms with Crippen LogP contribution in [0.2, 0.25) is 0 Å². The number of amides is 1. The van der Waals surface area contributed by atoms with Crippen molar-refractivity contribution in [1.82, 2.24) is 4.98 Å². The van der Waals surface area contributed by atoms with E-state index in [2.05, 4.69) is 14.7 Å². The lowest BCUT2D eigenvalue weighted by Gasteiger charge is -2.08. The zero-order valence-electron chi connectivity index (χ0n) is 12.4. The minimum absolute atomic E-state index is 0.180. The van der Waals surface area contributed by atoms with Crippen molar-refractivity contribution in [3.8, 4) is 0 Å². The van der Waals surface area contributed by atoms with Crippen LogP contribution in [0.4, 0.5) is 10.5 Å². The maximum Gasteiger partial charge on any atom is 0.411 e. The zero-order valence-corrected chi connectivity index (χ0v) is 13.2. The molecule has 1 atom stereocenters. The topological polar surface area (TPSA) is 80.7 Å². The predicted octanol–water partition coefficient (Wildman–Crippen LogP) is 2.92. The molecule has 0 bridgehead atoms. The molecule has 0 saturated carbocycles. The summed E-state index contributed by atoms with van der Waals surface area (Å²) < 4.78 is 21.1. The first-order chi connectivity index (χ1) is 10.5. The van der Waals surface area contributed by atoms with Gasteiger partial charge in [-0.15, -0.1) is 0 Å². The molecule has 1 heterocycles. The van der Waals surface area contributed by atoms with Crippen LogP contribution in [0.1, 0.15) is 5.56 Å². The molecule has 22 heavy (non-hydrogen) atoms. The van der Waals surface area contributed by atoms with Gasteiger partial charge in [-0.25, -0.2) is 18.4 Å². The zero-order chi connectivity index (χ0) is 16.0. The molecule has 1 aromatic carbocycles. The van der Waals surface area contributed by atoms with Crippen LogP contribution < -0.4 is 5.32 Å². The highest BCUT2D eigenvalue weighted by molar-refractivity contribution is 7.92. The average Bonchev–Trinajstić information content (AvgIpc) is 2.54. The van der Waals surface area contributed by atoms with E-state index in [0.29, 0.717) is 10.7 Å². The Labute approximate surface area is 129 Å². The Morgan fingerprint density at radius 2 is 2.05 bits per heavy atom. The standard InChI is InChI=1S/C15H17N3O3S/c1-16-22(2,20)14-10-13(8-9-17-14)18-15(19)21-11-12-6-4-3-5-7-12/h3-10H,11H2,1-2H3,(H,17,18,19)/t22-/m1/s1. The van der Waals surface area contributed by atoms with E-state index in [0.717, 1.165) is 5.56 Å². The molecule has 0 fully saturated rings. The van der Waals surface area contributed by atoms with Gasteiger partial charge in [-0.1, -0.05) is 30.3 Å². The lowest BCUT2D eigenvalue weighted by atomic mass is 10.2. The highest BCUT2D eigenvalue weighted by Gasteiger charge is 2.09. The molecule has 1 aromatic heterocycles. The van der Waals surface area contributed by atoms with Gasteiger partial charge < -0.3 is 4.74 Å². The molecule has 0 spiro atoms. The highest BCUT2D eigenvalue weighted by atomic mass is 32.2. The number of nitrogens with one attached hydrogen (secondary N) is 1. The summed E-state index contributed by atoms with van der Waals surface area (Å²) in [5, 5.41) is 2.90. The third-order valence-corrected chi connectivity index (χ3v) is 4.63. The monoisotopic (exact) mass is 319 g/mol. The van der Waals surface area contributed by atoms with Crippen LogP contribution in [-0.4, -0.2) is 28.6 Å². The minimum atomic E-state index is -2.54. The number of ether oxygens (including phenoxy) is 1. The molecule has 0 radical (unpaired) electrons. The number of carbonyl (C=O) groups is 1. The Balaban J connectivity index is 2.00. The van der Waals surface area contributed by atoms with Crippen molar-refractivity contribution in [2.75, 3.05) is 18.6 Å². The normalized spacial score (nSPS) is 13.0. The van der Waals surface area contributed by atoms with E-state index in [1.807, 2.05) is 30.3 Å². The summed E-state index contributed by atoms with van der Waals surface area (Å²) in [5.41, 5.74) is 1.36. The number of carbonyl (C=O) groups excluding carboxylic acids is 1. The van der Waals surface area contributed by atoms with Gasteiger partial charge in [0, 0.05) is 25.2 Å². The summed E-state index contributed by atoms with van der Waals surface area (Å²) in [4.78, 5) is 15.8. The van der Waals surface area contributed by atoms with Crippen LogP contribution in [-0.2, 0) is 21.1 Å². The van der Waals surface area contributed by atoms with Crippen LogP contribution in [0.25, 0.3) is 0 Å². The third kappa shape index (κ3) is 4.29. The van der Waals surface area contributed by atoms with E-state index in [4.69, 9.17) is 4.74 Å². The van der Waals surface area contributed by atoms with E-state index in [1.54, 1.807) is 6.07 Å². The maximum absolute atomic E-state index is 12.1. The number of nitrogens with zero attached hydrogens (tertiary/aromatic N) is 2. The van der Waals surface area contributed by atoms with E-state index in [-0.39, 0.29) is 6.61 Å². The fraction of sp³-hybridized carbons (Fsp3) is 0.200. The second-order valence-corrected chi connectivity index (χ2v) is 6.94. The molecule has 116 valence electrons. The fourth-order valence-corrected chi connectivity index (χ4v) is 2.45. The average molecular weight is 319 g/mol.